The van der Waals surface area contributed by atoms with Gasteiger partial charge in [-0.15, -0.1) is 10.2 Å². The molecule has 0 aliphatic heterocycles. The summed E-state index contributed by atoms with van der Waals surface area (Å²) in [6.45, 7) is 4.06. The molecule has 0 bridgehead atoms. The Morgan fingerprint density at radius 2 is 1.39 bits per heavy atom. The summed E-state index contributed by atoms with van der Waals surface area (Å²) in [6, 6.07) is 15.8. The fourth-order valence-corrected chi connectivity index (χ4v) is 2.12. The Labute approximate surface area is 135 Å². The molecule has 0 saturated carbocycles. The van der Waals surface area contributed by atoms with E-state index in [1.54, 1.807) is 0 Å². The number of anilines is 1. The molecule has 2 aromatic carbocycles. The van der Waals surface area contributed by atoms with E-state index in [0.29, 0.717) is 17.2 Å². The van der Waals surface area contributed by atoms with Gasteiger partial charge in [-0.05, 0) is 26.0 Å². The summed E-state index contributed by atoms with van der Waals surface area (Å²) < 4.78 is 0. The number of aromatic nitrogens is 2. The molecule has 5 nitrogen and oxygen atoms in total. The maximum Gasteiger partial charge on any atom is 0.201 e. The second kappa shape index (κ2) is 6.36. The third-order valence-electron chi connectivity index (χ3n) is 3.48. The van der Waals surface area contributed by atoms with Crippen LogP contribution in [0.1, 0.15) is 11.1 Å². The Morgan fingerprint density at radius 1 is 0.783 bits per heavy atom. The number of nitrogen functional groups attached to an aromatic ring is 1. The van der Waals surface area contributed by atoms with Gasteiger partial charge in [-0.2, -0.15) is 0 Å². The van der Waals surface area contributed by atoms with Crippen LogP contribution >= 0.6 is 0 Å². The van der Waals surface area contributed by atoms with Crippen LogP contribution < -0.4 is 5.73 Å². The van der Waals surface area contributed by atoms with Gasteiger partial charge in [0.2, 0.25) is 5.82 Å². The molecule has 1 heterocycles. The van der Waals surface area contributed by atoms with E-state index in [1.165, 1.54) is 17.5 Å². The Kier molecular flexibility index (Phi) is 4.10. The molecule has 0 radical (unpaired) electrons. The molecular weight excluding hydrogens is 286 g/mol. The van der Waals surface area contributed by atoms with Gasteiger partial charge in [0.15, 0.2) is 0 Å². The molecule has 1 aromatic heterocycles. The number of azo groups is 1. The van der Waals surface area contributed by atoms with Gasteiger partial charge in [-0.3, -0.25) is 0 Å². The maximum atomic E-state index is 6.16. The van der Waals surface area contributed by atoms with Gasteiger partial charge in [0.25, 0.3) is 0 Å². The average Bonchev–Trinajstić information content (AvgIpc) is 2.56. The molecule has 0 spiro atoms. The highest BCUT2D eigenvalue weighted by Crippen LogP contribution is 2.30. The first-order chi connectivity index (χ1) is 11.1. The van der Waals surface area contributed by atoms with E-state index in [9.17, 15) is 0 Å². The van der Waals surface area contributed by atoms with Crippen molar-refractivity contribution in [3.05, 3.63) is 66.0 Å². The molecule has 0 aliphatic rings. The molecule has 0 amide bonds. The number of benzene rings is 2. The van der Waals surface area contributed by atoms with Gasteiger partial charge < -0.3 is 5.73 Å². The van der Waals surface area contributed by atoms with E-state index in [4.69, 9.17) is 5.73 Å². The van der Waals surface area contributed by atoms with Crippen LogP contribution in [0.15, 0.2) is 65.1 Å². The third-order valence-corrected chi connectivity index (χ3v) is 3.48. The number of aryl methyl sites for hydroxylation is 2. The standard InChI is InChI=1S/C18H17N5/c1-12-3-7-14(8-4-12)17-16(19)18(21-11-20-17)23-22-15-9-5-13(2)6-10-15/h3-11H,19H2,1-2H3. The normalized spacial score (nSPS) is 11.0. The number of nitrogens with two attached hydrogens (primary N) is 1. The van der Waals surface area contributed by atoms with Crippen molar-refractivity contribution in [1.82, 2.24) is 9.97 Å². The van der Waals surface area contributed by atoms with E-state index >= 15 is 0 Å². The van der Waals surface area contributed by atoms with Crippen LogP contribution in [0.4, 0.5) is 17.2 Å². The van der Waals surface area contributed by atoms with E-state index in [2.05, 4.69) is 20.2 Å². The Bertz CT molecular complexity index is 836. The average molecular weight is 303 g/mol. The summed E-state index contributed by atoms with van der Waals surface area (Å²) in [5, 5.41) is 8.34. The van der Waals surface area contributed by atoms with Crippen molar-refractivity contribution in [3.8, 4) is 11.3 Å². The molecule has 5 heteroatoms. The number of hydrogen-bond donors (Lipinski definition) is 1. The summed E-state index contributed by atoms with van der Waals surface area (Å²) in [5.74, 6) is 0.371. The van der Waals surface area contributed by atoms with E-state index in [0.717, 1.165) is 11.3 Å². The summed E-state index contributed by atoms with van der Waals surface area (Å²) in [4.78, 5) is 8.39. The molecular formula is C18H17N5. The molecule has 0 aliphatic carbocycles. The molecule has 0 unspecified atom stereocenters. The summed E-state index contributed by atoms with van der Waals surface area (Å²) in [5.41, 5.74) is 11.3. The van der Waals surface area contributed by atoms with Crippen molar-refractivity contribution in [1.29, 1.82) is 0 Å². The Balaban J connectivity index is 1.93. The fraction of sp³-hybridized carbons (Fsp3) is 0.111. The van der Waals surface area contributed by atoms with Crippen molar-refractivity contribution >= 4 is 17.2 Å². The van der Waals surface area contributed by atoms with Crippen molar-refractivity contribution < 1.29 is 0 Å². The number of nitrogens with zero attached hydrogens (tertiary/aromatic N) is 4. The topological polar surface area (TPSA) is 76.5 Å². The van der Waals surface area contributed by atoms with Gasteiger partial charge in [0, 0.05) is 5.56 Å². The monoisotopic (exact) mass is 303 g/mol. The predicted molar refractivity (Wildman–Crippen MR) is 92.0 cm³/mol. The lowest BCUT2D eigenvalue weighted by atomic mass is 10.1. The Hall–Kier alpha value is -3.08. The minimum atomic E-state index is 0.371. The molecule has 0 atom stereocenters. The summed E-state index contributed by atoms with van der Waals surface area (Å²) >= 11 is 0. The predicted octanol–water partition coefficient (Wildman–Crippen LogP) is 4.76. The first-order valence-electron chi connectivity index (χ1n) is 7.29. The lowest BCUT2D eigenvalue weighted by molar-refractivity contribution is 1.11. The molecule has 3 rings (SSSR count). The second-order valence-corrected chi connectivity index (χ2v) is 5.36. The lowest BCUT2D eigenvalue weighted by Gasteiger charge is -2.06. The molecule has 2 N–H and O–H groups in total. The summed E-state index contributed by atoms with van der Waals surface area (Å²) in [7, 11) is 0. The highest BCUT2D eigenvalue weighted by molar-refractivity contribution is 5.78. The van der Waals surface area contributed by atoms with Crippen LogP contribution in [0, 0.1) is 13.8 Å². The van der Waals surface area contributed by atoms with Crippen LogP contribution in [-0.4, -0.2) is 9.97 Å². The minimum Gasteiger partial charge on any atom is -0.394 e. The second-order valence-electron chi connectivity index (χ2n) is 5.36. The molecule has 23 heavy (non-hydrogen) atoms. The van der Waals surface area contributed by atoms with Gasteiger partial charge in [-0.1, -0.05) is 47.5 Å². The quantitative estimate of drug-likeness (QED) is 0.709. The minimum absolute atomic E-state index is 0.371. The van der Waals surface area contributed by atoms with Gasteiger partial charge in [0.1, 0.15) is 12.0 Å². The van der Waals surface area contributed by atoms with Gasteiger partial charge >= 0.3 is 0 Å². The first kappa shape index (κ1) is 14.8. The lowest BCUT2D eigenvalue weighted by Crippen LogP contribution is -1.95. The van der Waals surface area contributed by atoms with Crippen molar-refractivity contribution in [3.63, 3.8) is 0 Å². The third kappa shape index (κ3) is 3.40. The van der Waals surface area contributed by atoms with Gasteiger partial charge in [-0.25, -0.2) is 9.97 Å². The van der Waals surface area contributed by atoms with Crippen molar-refractivity contribution in [2.75, 3.05) is 5.73 Å². The van der Waals surface area contributed by atoms with Crippen molar-refractivity contribution in [2.45, 2.75) is 13.8 Å². The first-order valence-corrected chi connectivity index (χ1v) is 7.29. The molecule has 3 aromatic rings. The number of hydrogen-bond acceptors (Lipinski definition) is 5. The zero-order chi connectivity index (χ0) is 16.2. The highest BCUT2D eigenvalue weighted by Gasteiger charge is 2.09. The number of rotatable bonds is 3. The van der Waals surface area contributed by atoms with Gasteiger partial charge in [0.05, 0.1) is 11.4 Å². The van der Waals surface area contributed by atoms with E-state index in [-0.39, 0.29) is 0 Å². The molecule has 0 fully saturated rings. The largest absolute Gasteiger partial charge is 0.394 e. The van der Waals surface area contributed by atoms with Crippen LogP contribution in [0.25, 0.3) is 11.3 Å². The maximum absolute atomic E-state index is 6.16. The van der Waals surface area contributed by atoms with Crippen molar-refractivity contribution in [2.24, 2.45) is 10.2 Å². The molecule has 114 valence electrons. The van der Waals surface area contributed by atoms with Crippen LogP contribution in [-0.2, 0) is 0 Å². The highest BCUT2D eigenvalue weighted by atomic mass is 15.2. The van der Waals surface area contributed by atoms with E-state index in [1.807, 2.05) is 62.4 Å². The smallest absolute Gasteiger partial charge is 0.201 e. The van der Waals surface area contributed by atoms with Crippen LogP contribution in [0.5, 0.6) is 0 Å². The van der Waals surface area contributed by atoms with Crippen LogP contribution in [0.2, 0.25) is 0 Å². The van der Waals surface area contributed by atoms with E-state index < -0.39 is 0 Å². The summed E-state index contributed by atoms with van der Waals surface area (Å²) in [6.07, 6.45) is 1.45. The zero-order valence-electron chi connectivity index (χ0n) is 13.1. The van der Waals surface area contributed by atoms with Crippen LogP contribution in [0.3, 0.4) is 0 Å². The zero-order valence-corrected chi connectivity index (χ0v) is 13.1. The fourth-order valence-electron chi connectivity index (χ4n) is 2.12. The Morgan fingerprint density at radius 3 is 2.04 bits per heavy atom. The molecule has 0 saturated heterocycles. The SMILES string of the molecule is Cc1ccc(N=Nc2ncnc(-c3ccc(C)cc3)c2N)cc1.